The average Bonchev–Trinajstić information content (AvgIpc) is 3.20. The van der Waals surface area contributed by atoms with Gasteiger partial charge in [0.1, 0.15) is 5.54 Å². The van der Waals surface area contributed by atoms with Crippen molar-refractivity contribution in [2.45, 2.75) is 57.0 Å². The Bertz CT molecular complexity index is 847. The number of thioether (sulfide) groups is 1. The zero-order valence-corrected chi connectivity index (χ0v) is 18.1. The summed E-state index contributed by atoms with van der Waals surface area (Å²) in [6.07, 6.45) is 7.91. The molecule has 5 nitrogen and oxygen atoms in total. The summed E-state index contributed by atoms with van der Waals surface area (Å²) in [5, 5.41) is 15.6. The summed E-state index contributed by atoms with van der Waals surface area (Å²) in [4.78, 5) is 25.7. The van der Waals surface area contributed by atoms with Gasteiger partial charge >= 0.3 is 0 Å². The van der Waals surface area contributed by atoms with Crippen LogP contribution in [0.1, 0.15) is 60.9 Å². The van der Waals surface area contributed by atoms with Crippen LogP contribution in [0.3, 0.4) is 0 Å². The number of nitrogens with zero attached hydrogens (tertiary/aromatic N) is 1. The summed E-state index contributed by atoms with van der Waals surface area (Å²) in [6.45, 7) is 0.501. The normalized spacial score (nSPS) is 36.3. The summed E-state index contributed by atoms with van der Waals surface area (Å²) < 4.78 is 0. The predicted octanol–water partition coefficient (Wildman–Crippen LogP) is 3.65. The second-order valence-corrected chi connectivity index (χ2v) is 11.1. The van der Waals surface area contributed by atoms with Crippen LogP contribution < -0.4 is 10.6 Å². The van der Waals surface area contributed by atoms with Crippen LogP contribution in [0.5, 0.6) is 0 Å². The molecule has 1 atom stereocenters. The van der Waals surface area contributed by atoms with Crippen LogP contribution >= 0.6 is 11.8 Å². The van der Waals surface area contributed by atoms with Crippen molar-refractivity contribution in [1.29, 1.82) is 5.26 Å². The minimum atomic E-state index is -0.744. The quantitative estimate of drug-likeness (QED) is 0.757. The topological polar surface area (TPSA) is 82.0 Å². The Morgan fingerprint density at radius 1 is 1.07 bits per heavy atom. The fourth-order valence-corrected chi connectivity index (χ4v) is 7.87. The monoisotopic (exact) mass is 423 g/mol. The van der Waals surface area contributed by atoms with Crippen molar-refractivity contribution in [2.24, 2.45) is 23.2 Å². The van der Waals surface area contributed by atoms with Gasteiger partial charge in [0.2, 0.25) is 5.91 Å². The van der Waals surface area contributed by atoms with E-state index in [0.717, 1.165) is 48.3 Å². The third kappa shape index (κ3) is 3.62. The van der Waals surface area contributed by atoms with Gasteiger partial charge < -0.3 is 10.6 Å². The first-order chi connectivity index (χ1) is 14.5. The fraction of sp³-hybridized carbons (Fsp3) is 0.625. The number of benzene rings is 1. The second kappa shape index (κ2) is 7.60. The molecule has 0 spiro atoms. The van der Waals surface area contributed by atoms with Crippen molar-refractivity contribution < 1.29 is 9.59 Å². The van der Waals surface area contributed by atoms with E-state index in [4.69, 9.17) is 0 Å². The summed E-state index contributed by atoms with van der Waals surface area (Å²) >= 11 is 1.70. The summed E-state index contributed by atoms with van der Waals surface area (Å²) in [5.41, 5.74) is 0.680. The Hall–Kier alpha value is -2.00. The molecule has 0 aromatic heterocycles. The van der Waals surface area contributed by atoms with Crippen molar-refractivity contribution in [1.82, 2.24) is 10.6 Å². The van der Waals surface area contributed by atoms with Crippen LogP contribution in [0.25, 0.3) is 0 Å². The molecule has 4 saturated carbocycles. The van der Waals surface area contributed by atoms with Gasteiger partial charge in [-0.1, -0.05) is 12.1 Å². The number of hydrogen-bond donors (Lipinski definition) is 2. The van der Waals surface area contributed by atoms with Gasteiger partial charge in [-0.25, -0.2) is 0 Å². The molecule has 6 rings (SSSR count). The van der Waals surface area contributed by atoms with Crippen LogP contribution in [-0.2, 0) is 11.3 Å². The predicted molar refractivity (Wildman–Crippen MR) is 117 cm³/mol. The van der Waals surface area contributed by atoms with Gasteiger partial charge in [-0.3, -0.25) is 9.59 Å². The highest BCUT2D eigenvalue weighted by Gasteiger charge is 2.54. The zero-order valence-electron chi connectivity index (χ0n) is 17.3. The maximum absolute atomic E-state index is 13.1. The number of rotatable bonds is 5. The summed E-state index contributed by atoms with van der Waals surface area (Å²) in [6, 6.07) is 9.65. The highest BCUT2D eigenvalue weighted by molar-refractivity contribution is 7.99. The van der Waals surface area contributed by atoms with Gasteiger partial charge in [-0.15, -0.1) is 0 Å². The highest BCUT2D eigenvalue weighted by atomic mass is 32.2. The molecule has 30 heavy (non-hydrogen) atoms. The standard InChI is InChI=1S/C24H29N3O2S/c25-14-24(5-6-30-15-24)27-21(28)20-3-1-16(2-4-20)13-26-22(29)23-10-17-7-18(11-23)9-19(8-17)12-23/h1-4,17-19H,5-13,15H2,(H,26,29)(H,27,28). The average molecular weight is 424 g/mol. The summed E-state index contributed by atoms with van der Waals surface area (Å²) in [7, 11) is 0. The summed E-state index contributed by atoms with van der Waals surface area (Å²) in [5.74, 6) is 3.85. The molecule has 1 saturated heterocycles. The van der Waals surface area contributed by atoms with Crippen LogP contribution in [0.2, 0.25) is 0 Å². The van der Waals surface area contributed by atoms with Gasteiger partial charge in [0, 0.05) is 23.3 Å². The maximum Gasteiger partial charge on any atom is 0.252 e. The van der Waals surface area contributed by atoms with E-state index in [1.54, 1.807) is 23.9 Å². The molecule has 1 aromatic rings. The van der Waals surface area contributed by atoms with Crippen LogP contribution in [0.15, 0.2) is 24.3 Å². The lowest BCUT2D eigenvalue weighted by atomic mass is 9.49. The molecule has 1 aliphatic heterocycles. The lowest BCUT2D eigenvalue weighted by Crippen LogP contribution is -2.53. The molecule has 6 heteroatoms. The van der Waals surface area contributed by atoms with Gasteiger partial charge in [-0.2, -0.15) is 17.0 Å². The first kappa shape index (κ1) is 19.9. The lowest BCUT2D eigenvalue weighted by molar-refractivity contribution is -0.146. The van der Waals surface area contributed by atoms with E-state index in [0.29, 0.717) is 24.3 Å². The molecule has 5 fully saturated rings. The van der Waals surface area contributed by atoms with E-state index in [1.807, 2.05) is 12.1 Å². The number of hydrogen-bond acceptors (Lipinski definition) is 4. The highest BCUT2D eigenvalue weighted by Crippen LogP contribution is 2.60. The van der Waals surface area contributed by atoms with Crippen molar-refractivity contribution in [3.63, 3.8) is 0 Å². The Morgan fingerprint density at radius 3 is 2.23 bits per heavy atom. The first-order valence-electron chi connectivity index (χ1n) is 11.2. The van der Waals surface area contributed by atoms with E-state index < -0.39 is 5.54 Å². The minimum absolute atomic E-state index is 0.126. The van der Waals surface area contributed by atoms with Crippen LogP contribution in [0.4, 0.5) is 0 Å². The lowest BCUT2D eigenvalue weighted by Gasteiger charge is -2.55. The molecular weight excluding hydrogens is 394 g/mol. The van der Waals surface area contributed by atoms with Crippen LogP contribution in [0, 0.1) is 34.5 Å². The Morgan fingerprint density at radius 2 is 1.70 bits per heavy atom. The SMILES string of the molecule is N#CC1(NC(=O)c2ccc(CNC(=O)C34CC5CC(CC(C5)C3)C4)cc2)CCSC1. The zero-order chi connectivity index (χ0) is 20.8. The van der Waals surface area contributed by atoms with E-state index in [-0.39, 0.29) is 17.2 Å². The van der Waals surface area contributed by atoms with Crippen molar-refractivity contribution in [3.8, 4) is 6.07 Å². The molecule has 2 N–H and O–H groups in total. The number of carbonyl (C=O) groups excluding carboxylic acids is 2. The Kier molecular flexibility index (Phi) is 5.05. The minimum Gasteiger partial charge on any atom is -0.352 e. The number of carbonyl (C=O) groups is 2. The first-order valence-corrected chi connectivity index (χ1v) is 12.3. The molecule has 1 unspecified atom stereocenters. The third-order valence-corrected chi connectivity index (χ3v) is 8.97. The van der Waals surface area contributed by atoms with Gasteiger partial charge in [0.25, 0.3) is 5.91 Å². The van der Waals surface area contributed by atoms with E-state index in [1.165, 1.54) is 19.3 Å². The molecule has 2 amide bonds. The number of nitrogens with one attached hydrogen (secondary N) is 2. The molecule has 4 bridgehead atoms. The second-order valence-electron chi connectivity index (χ2n) is 10.0. The van der Waals surface area contributed by atoms with Crippen molar-refractivity contribution >= 4 is 23.6 Å². The Balaban J connectivity index is 1.18. The molecule has 5 aliphatic rings. The molecule has 158 valence electrons. The van der Waals surface area contributed by atoms with Crippen molar-refractivity contribution in [2.75, 3.05) is 11.5 Å². The number of nitriles is 1. The van der Waals surface area contributed by atoms with Gasteiger partial charge in [0.05, 0.1) is 6.07 Å². The fourth-order valence-electron chi connectivity index (χ4n) is 6.60. The largest absolute Gasteiger partial charge is 0.352 e. The van der Waals surface area contributed by atoms with Gasteiger partial charge in [-0.05, 0) is 86.1 Å². The van der Waals surface area contributed by atoms with E-state index in [2.05, 4.69) is 16.7 Å². The Labute approximate surface area is 182 Å². The van der Waals surface area contributed by atoms with Crippen molar-refractivity contribution in [3.05, 3.63) is 35.4 Å². The molecular formula is C24H29N3O2S. The molecule has 4 aliphatic carbocycles. The van der Waals surface area contributed by atoms with E-state index in [9.17, 15) is 14.9 Å². The third-order valence-electron chi connectivity index (χ3n) is 7.78. The van der Waals surface area contributed by atoms with E-state index >= 15 is 0 Å². The van der Waals surface area contributed by atoms with Crippen LogP contribution in [-0.4, -0.2) is 28.9 Å². The smallest absolute Gasteiger partial charge is 0.252 e. The molecule has 1 heterocycles. The maximum atomic E-state index is 13.1. The number of amides is 2. The molecule has 0 radical (unpaired) electrons. The molecule has 1 aromatic carbocycles. The van der Waals surface area contributed by atoms with Gasteiger partial charge in [0.15, 0.2) is 0 Å².